The van der Waals surface area contributed by atoms with E-state index in [4.69, 9.17) is 4.42 Å². The lowest BCUT2D eigenvalue weighted by atomic mass is 10.2. The lowest BCUT2D eigenvalue weighted by Gasteiger charge is -2.20. The van der Waals surface area contributed by atoms with Gasteiger partial charge in [-0.25, -0.2) is 0 Å². The highest BCUT2D eigenvalue weighted by Crippen LogP contribution is 2.21. The first kappa shape index (κ1) is 12.7. The summed E-state index contributed by atoms with van der Waals surface area (Å²) in [6.07, 6.45) is 3.90. The van der Waals surface area contributed by atoms with E-state index in [-0.39, 0.29) is 12.1 Å². The van der Waals surface area contributed by atoms with Crippen molar-refractivity contribution in [2.24, 2.45) is 0 Å². The molecule has 0 aliphatic heterocycles. The van der Waals surface area contributed by atoms with Gasteiger partial charge in [0.25, 0.3) is 6.01 Å². The number of rotatable bonds is 4. The molecule has 0 saturated heterocycles. The van der Waals surface area contributed by atoms with Crippen LogP contribution in [0.15, 0.2) is 41.1 Å². The molecule has 2 unspecified atom stereocenters. The van der Waals surface area contributed by atoms with Gasteiger partial charge in [-0.15, -0.1) is 0 Å². The maximum absolute atomic E-state index is 5.68. The van der Waals surface area contributed by atoms with E-state index in [0.29, 0.717) is 6.01 Å². The van der Waals surface area contributed by atoms with E-state index in [0.717, 1.165) is 16.7 Å². The van der Waals surface area contributed by atoms with E-state index in [1.165, 1.54) is 0 Å². The number of hydrogen-bond donors (Lipinski definition) is 1. The Bertz CT molecular complexity index is 682. The molecule has 20 heavy (non-hydrogen) atoms. The zero-order valence-electron chi connectivity index (χ0n) is 11.9. The van der Waals surface area contributed by atoms with Gasteiger partial charge < -0.3 is 9.73 Å². The van der Waals surface area contributed by atoms with Crippen molar-refractivity contribution < 1.29 is 4.42 Å². The number of benzene rings is 1. The van der Waals surface area contributed by atoms with Gasteiger partial charge in [0.15, 0.2) is 5.58 Å². The number of aromatic nitrogens is 3. The maximum atomic E-state index is 5.68. The van der Waals surface area contributed by atoms with E-state index >= 15 is 0 Å². The molecule has 0 amide bonds. The van der Waals surface area contributed by atoms with Crippen LogP contribution < -0.4 is 5.32 Å². The fourth-order valence-corrected chi connectivity index (χ4v) is 2.13. The van der Waals surface area contributed by atoms with Crippen molar-refractivity contribution in [1.29, 1.82) is 0 Å². The summed E-state index contributed by atoms with van der Waals surface area (Å²) in [4.78, 5) is 4.43. The van der Waals surface area contributed by atoms with Crippen LogP contribution in [0.25, 0.3) is 11.1 Å². The number of nitrogens with zero attached hydrogens (tertiary/aromatic N) is 3. The summed E-state index contributed by atoms with van der Waals surface area (Å²) in [5, 5.41) is 7.65. The largest absolute Gasteiger partial charge is 0.424 e. The van der Waals surface area contributed by atoms with Gasteiger partial charge in [-0.2, -0.15) is 10.1 Å². The Morgan fingerprint density at radius 1 is 1.25 bits per heavy atom. The van der Waals surface area contributed by atoms with Gasteiger partial charge in [0.05, 0.1) is 12.2 Å². The van der Waals surface area contributed by atoms with Crippen LogP contribution in [-0.4, -0.2) is 20.8 Å². The van der Waals surface area contributed by atoms with Gasteiger partial charge in [0, 0.05) is 12.2 Å². The molecule has 0 saturated carbocycles. The first-order valence-corrected chi connectivity index (χ1v) is 6.76. The fourth-order valence-electron chi connectivity index (χ4n) is 2.13. The highest BCUT2D eigenvalue weighted by atomic mass is 16.4. The predicted molar refractivity (Wildman–Crippen MR) is 78.8 cm³/mol. The molecule has 2 atom stereocenters. The van der Waals surface area contributed by atoms with Crippen molar-refractivity contribution >= 4 is 17.1 Å². The maximum Gasteiger partial charge on any atom is 0.295 e. The summed E-state index contributed by atoms with van der Waals surface area (Å²) in [6.45, 7) is 6.25. The molecule has 5 heteroatoms. The second-order valence-corrected chi connectivity index (χ2v) is 5.16. The minimum absolute atomic E-state index is 0.155. The Morgan fingerprint density at radius 2 is 2.05 bits per heavy atom. The molecular weight excluding hydrogens is 252 g/mol. The summed E-state index contributed by atoms with van der Waals surface area (Å²) in [7, 11) is 0. The van der Waals surface area contributed by atoms with Crippen molar-refractivity contribution in [2.45, 2.75) is 32.9 Å². The number of nitrogens with one attached hydrogen (secondary N) is 1. The van der Waals surface area contributed by atoms with Gasteiger partial charge in [-0.1, -0.05) is 12.1 Å². The average molecular weight is 270 g/mol. The third-order valence-corrected chi connectivity index (χ3v) is 3.52. The molecule has 2 aromatic heterocycles. The number of oxazole rings is 1. The highest BCUT2D eigenvalue weighted by Gasteiger charge is 2.17. The molecule has 3 rings (SSSR count). The standard InChI is InChI=1S/C15H18N4O/c1-10-8-16-19(9-10)12(3)11(2)17-15-18-13-6-4-5-7-14(13)20-15/h4-9,11-12H,1-3H3,(H,17,18). The van der Waals surface area contributed by atoms with Crippen LogP contribution in [0.3, 0.4) is 0 Å². The first-order chi connectivity index (χ1) is 9.63. The van der Waals surface area contributed by atoms with Crippen LogP contribution in [-0.2, 0) is 0 Å². The molecule has 104 valence electrons. The number of anilines is 1. The van der Waals surface area contributed by atoms with Gasteiger partial charge >= 0.3 is 0 Å². The summed E-state index contributed by atoms with van der Waals surface area (Å²) in [5.74, 6) is 0. The summed E-state index contributed by atoms with van der Waals surface area (Å²) in [5.41, 5.74) is 2.82. The minimum Gasteiger partial charge on any atom is -0.424 e. The lowest BCUT2D eigenvalue weighted by Crippen LogP contribution is -2.27. The van der Waals surface area contributed by atoms with Crippen molar-refractivity contribution in [2.75, 3.05) is 5.32 Å². The molecule has 0 spiro atoms. The summed E-state index contributed by atoms with van der Waals surface area (Å²) < 4.78 is 7.63. The first-order valence-electron chi connectivity index (χ1n) is 6.76. The molecule has 1 N–H and O–H groups in total. The second-order valence-electron chi connectivity index (χ2n) is 5.16. The number of fused-ring (bicyclic) bond motifs is 1. The topological polar surface area (TPSA) is 55.9 Å². The van der Waals surface area contributed by atoms with E-state index in [1.807, 2.05) is 48.3 Å². The average Bonchev–Trinajstić information content (AvgIpc) is 3.03. The molecule has 0 aliphatic carbocycles. The SMILES string of the molecule is Cc1cnn(C(C)C(C)Nc2nc3ccccc3o2)c1. The van der Waals surface area contributed by atoms with Gasteiger partial charge in [0.1, 0.15) is 5.52 Å². The van der Waals surface area contributed by atoms with E-state index in [2.05, 4.69) is 29.2 Å². The predicted octanol–water partition coefficient (Wildman–Crippen LogP) is 3.39. The molecular formula is C15H18N4O. The zero-order valence-corrected chi connectivity index (χ0v) is 11.9. The Labute approximate surface area is 117 Å². The third kappa shape index (κ3) is 2.39. The number of para-hydroxylation sites is 2. The number of aryl methyl sites for hydroxylation is 1. The van der Waals surface area contributed by atoms with Gasteiger partial charge in [-0.3, -0.25) is 4.68 Å². The summed E-state index contributed by atoms with van der Waals surface area (Å²) >= 11 is 0. The van der Waals surface area contributed by atoms with E-state index in [1.54, 1.807) is 0 Å². The Hall–Kier alpha value is -2.30. The monoisotopic (exact) mass is 270 g/mol. The molecule has 0 fully saturated rings. The van der Waals surface area contributed by atoms with E-state index < -0.39 is 0 Å². The normalized spacial score (nSPS) is 14.3. The molecule has 3 aromatic rings. The van der Waals surface area contributed by atoms with Crippen LogP contribution in [0.2, 0.25) is 0 Å². The fraction of sp³-hybridized carbons (Fsp3) is 0.333. The highest BCUT2D eigenvalue weighted by molar-refractivity contribution is 5.74. The van der Waals surface area contributed by atoms with E-state index in [9.17, 15) is 0 Å². The smallest absolute Gasteiger partial charge is 0.295 e. The van der Waals surface area contributed by atoms with Crippen molar-refractivity contribution in [3.63, 3.8) is 0 Å². The lowest BCUT2D eigenvalue weighted by molar-refractivity contribution is 0.434. The van der Waals surface area contributed by atoms with Crippen molar-refractivity contribution in [1.82, 2.24) is 14.8 Å². The van der Waals surface area contributed by atoms with Gasteiger partial charge in [0.2, 0.25) is 0 Å². The second kappa shape index (κ2) is 5.00. The van der Waals surface area contributed by atoms with Crippen LogP contribution in [0.5, 0.6) is 0 Å². The van der Waals surface area contributed by atoms with Crippen LogP contribution in [0.1, 0.15) is 25.5 Å². The van der Waals surface area contributed by atoms with Crippen LogP contribution in [0.4, 0.5) is 6.01 Å². The molecule has 0 radical (unpaired) electrons. The molecule has 2 heterocycles. The Kier molecular flexibility index (Phi) is 3.18. The van der Waals surface area contributed by atoms with Crippen LogP contribution >= 0.6 is 0 Å². The van der Waals surface area contributed by atoms with Crippen molar-refractivity contribution in [3.8, 4) is 0 Å². The Morgan fingerprint density at radius 3 is 2.75 bits per heavy atom. The third-order valence-electron chi connectivity index (χ3n) is 3.52. The molecule has 1 aromatic carbocycles. The minimum atomic E-state index is 0.155. The van der Waals surface area contributed by atoms with Gasteiger partial charge in [-0.05, 0) is 38.5 Å². The van der Waals surface area contributed by atoms with Crippen LogP contribution in [0, 0.1) is 6.92 Å². The number of hydrogen-bond acceptors (Lipinski definition) is 4. The Balaban J connectivity index is 1.76. The van der Waals surface area contributed by atoms with Crippen molar-refractivity contribution in [3.05, 3.63) is 42.2 Å². The molecule has 0 bridgehead atoms. The summed E-state index contributed by atoms with van der Waals surface area (Å²) in [6, 6.07) is 8.66. The molecule has 0 aliphatic rings. The zero-order chi connectivity index (χ0) is 14.1. The molecule has 5 nitrogen and oxygen atoms in total. The quantitative estimate of drug-likeness (QED) is 0.789.